The Morgan fingerprint density at radius 3 is 2.87 bits per heavy atom. The second-order valence-electron chi connectivity index (χ2n) is 2.89. The smallest absolute Gasteiger partial charge is 0.273 e. The molecule has 0 aliphatic carbocycles. The first-order chi connectivity index (χ1) is 7.17. The number of carbonyl (C=O) groups excluding carboxylic acids is 1. The molecule has 1 radical (unpaired) electrons. The van der Waals surface area contributed by atoms with Crippen LogP contribution >= 0.6 is 0 Å². The van der Waals surface area contributed by atoms with Gasteiger partial charge in [-0.3, -0.25) is 14.9 Å². The third-order valence-electron chi connectivity index (χ3n) is 1.81. The maximum atomic E-state index is 10.5. The summed E-state index contributed by atoms with van der Waals surface area (Å²) in [6.07, 6.45) is 1.77. The molecule has 1 rings (SSSR count). The molecule has 1 aromatic rings. The van der Waals surface area contributed by atoms with Crippen molar-refractivity contribution in [3.8, 4) is 5.75 Å². The third-order valence-corrected chi connectivity index (χ3v) is 2.88. The highest BCUT2D eigenvalue weighted by molar-refractivity contribution is 6.40. The van der Waals surface area contributed by atoms with Crippen molar-refractivity contribution < 1.29 is 14.5 Å². The molecule has 0 saturated carbocycles. The zero-order valence-electron chi connectivity index (χ0n) is 8.17. The Labute approximate surface area is 89.0 Å². The summed E-state index contributed by atoms with van der Waals surface area (Å²) in [4.78, 5) is 20.4. The van der Waals surface area contributed by atoms with E-state index in [-0.39, 0.29) is 5.69 Å². The van der Waals surface area contributed by atoms with Crippen LogP contribution in [0.2, 0.25) is 6.55 Å². The van der Waals surface area contributed by atoms with E-state index in [0.29, 0.717) is 5.75 Å². The van der Waals surface area contributed by atoms with E-state index in [0.717, 1.165) is 0 Å². The highest BCUT2D eigenvalue weighted by atomic mass is 28.2. The van der Waals surface area contributed by atoms with Crippen LogP contribution in [0.4, 0.5) is 5.69 Å². The molecule has 0 N–H and O–H groups in total. The summed E-state index contributed by atoms with van der Waals surface area (Å²) in [6.45, 7) is 1.91. The standard InChI is InChI=1S/C9H10NO4Si/c1-15-9(6-11)14-8-4-2-3-7(5-8)10(12)13/h2-5,9H,15H2,1H3. The maximum Gasteiger partial charge on any atom is 0.273 e. The van der Waals surface area contributed by atoms with Crippen LogP contribution < -0.4 is 4.74 Å². The molecule has 6 heteroatoms. The Kier molecular flexibility index (Phi) is 3.99. The Balaban J connectivity index is 2.81. The minimum atomic E-state index is -0.663. The Morgan fingerprint density at radius 1 is 1.60 bits per heavy atom. The lowest BCUT2D eigenvalue weighted by atomic mass is 10.3. The highest BCUT2D eigenvalue weighted by Crippen LogP contribution is 2.19. The summed E-state index contributed by atoms with van der Waals surface area (Å²) >= 11 is 0. The second-order valence-corrected chi connectivity index (χ2v) is 4.45. The number of hydrogen-bond donors (Lipinski definition) is 0. The fourth-order valence-electron chi connectivity index (χ4n) is 1.03. The molecular weight excluding hydrogens is 214 g/mol. The van der Waals surface area contributed by atoms with E-state index >= 15 is 0 Å². The van der Waals surface area contributed by atoms with E-state index in [9.17, 15) is 14.9 Å². The van der Waals surface area contributed by atoms with Crippen LogP contribution in [0.5, 0.6) is 5.75 Å². The molecule has 0 aliphatic rings. The molecule has 1 atom stereocenters. The van der Waals surface area contributed by atoms with Crippen LogP contribution in [0.25, 0.3) is 0 Å². The molecular formula is C9H10NO4Si. The van der Waals surface area contributed by atoms with Crippen LogP contribution in [0.15, 0.2) is 24.3 Å². The normalized spacial score (nSPS) is 12.6. The lowest BCUT2D eigenvalue weighted by Gasteiger charge is -2.09. The molecule has 0 spiro atoms. The van der Waals surface area contributed by atoms with Gasteiger partial charge in [0.1, 0.15) is 11.5 Å². The van der Waals surface area contributed by atoms with Crippen LogP contribution in [-0.4, -0.2) is 26.5 Å². The Bertz CT molecular complexity index is 369. The van der Waals surface area contributed by atoms with Crippen molar-refractivity contribution in [1.29, 1.82) is 0 Å². The molecule has 79 valence electrons. The van der Waals surface area contributed by atoms with Crippen molar-refractivity contribution in [2.45, 2.75) is 12.3 Å². The summed E-state index contributed by atoms with van der Waals surface area (Å²) < 4.78 is 5.24. The molecule has 0 aliphatic heterocycles. The minimum absolute atomic E-state index is 0.0464. The fraction of sp³-hybridized carbons (Fsp3) is 0.222. The minimum Gasteiger partial charge on any atom is -0.486 e. The largest absolute Gasteiger partial charge is 0.486 e. The molecule has 0 saturated heterocycles. The van der Waals surface area contributed by atoms with Gasteiger partial charge in [-0.2, -0.15) is 0 Å². The van der Waals surface area contributed by atoms with Crippen LogP contribution in [-0.2, 0) is 4.79 Å². The molecule has 0 amide bonds. The summed E-state index contributed by atoms with van der Waals surface area (Å²) in [6, 6.07) is 5.78. The third kappa shape index (κ3) is 3.17. The predicted molar refractivity (Wildman–Crippen MR) is 57.6 cm³/mol. The van der Waals surface area contributed by atoms with Gasteiger partial charge in [-0.05, 0) is 6.07 Å². The van der Waals surface area contributed by atoms with Gasteiger partial charge in [-0.15, -0.1) is 0 Å². The second kappa shape index (κ2) is 5.25. The first kappa shape index (κ1) is 11.4. The van der Waals surface area contributed by atoms with Gasteiger partial charge in [0.05, 0.1) is 20.5 Å². The predicted octanol–water partition coefficient (Wildman–Crippen LogP) is 0.626. The van der Waals surface area contributed by atoms with Crippen molar-refractivity contribution >= 4 is 21.5 Å². The molecule has 0 bridgehead atoms. The van der Waals surface area contributed by atoms with Gasteiger partial charge in [0.25, 0.3) is 5.69 Å². The number of benzene rings is 1. The summed E-state index contributed by atoms with van der Waals surface area (Å²) in [7, 11) is -0.663. The molecule has 15 heavy (non-hydrogen) atoms. The lowest BCUT2D eigenvalue weighted by molar-refractivity contribution is -0.384. The van der Waals surface area contributed by atoms with Crippen molar-refractivity contribution in [1.82, 2.24) is 0 Å². The van der Waals surface area contributed by atoms with Gasteiger partial charge in [-0.25, -0.2) is 0 Å². The van der Waals surface area contributed by atoms with Gasteiger partial charge in [0.2, 0.25) is 6.29 Å². The Morgan fingerprint density at radius 2 is 2.33 bits per heavy atom. The number of hydrogen-bond acceptors (Lipinski definition) is 4. The summed E-state index contributed by atoms with van der Waals surface area (Å²) in [5, 5.41) is 10.5. The van der Waals surface area contributed by atoms with Gasteiger partial charge < -0.3 is 4.74 Å². The number of nitro benzene ring substituents is 1. The monoisotopic (exact) mass is 224 g/mol. The first-order valence-corrected chi connectivity index (χ1v) is 6.69. The molecule has 0 heterocycles. The number of nitro groups is 1. The van der Waals surface area contributed by atoms with Crippen LogP contribution in [0, 0.1) is 10.1 Å². The van der Waals surface area contributed by atoms with Crippen molar-refractivity contribution in [3.63, 3.8) is 0 Å². The van der Waals surface area contributed by atoms with Crippen LogP contribution in [0.1, 0.15) is 0 Å². The molecule has 1 unspecified atom stereocenters. The average molecular weight is 224 g/mol. The zero-order valence-corrected chi connectivity index (χ0v) is 9.59. The van der Waals surface area contributed by atoms with E-state index < -0.39 is 20.2 Å². The first-order valence-electron chi connectivity index (χ1n) is 4.46. The van der Waals surface area contributed by atoms with Crippen molar-refractivity contribution in [2.75, 3.05) is 0 Å². The van der Waals surface area contributed by atoms with Gasteiger partial charge in [0.15, 0.2) is 0 Å². The Hall–Kier alpha value is -1.69. The van der Waals surface area contributed by atoms with E-state index in [1.165, 1.54) is 18.2 Å². The van der Waals surface area contributed by atoms with Gasteiger partial charge in [0, 0.05) is 6.07 Å². The highest BCUT2D eigenvalue weighted by Gasteiger charge is 2.10. The number of rotatable bonds is 5. The SMILES string of the molecule is C[SiH2]C([C]=O)Oc1cccc([N+](=O)[O-])c1. The van der Waals surface area contributed by atoms with E-state index in [1.807, 2.05) is 6.55 Å². The van der Waals surface area contributed by atoms with E-state index in [2.05, 4.69) is 0 Å². The van der Waals surface area contributed by atoms with Crippen LogP contribution in [0.3, 0.4) is 0 Å². The zero-order chi connectivity index (χ0) is 11.3. The number of non-ortho nitro benzene ring substituents is 1. The molecule has 0 fully saturated rings. The summed E-state index contributed by atoms with van der Waals surface area (Å²) in [5.41, 5.74) is -0.582. The van der Waals surface area contributed by atoms with Crippen molar-refractivity contribution in [2.24, 2.45) is 0 Å². The molecule has 0 aromatic heterocycles. The summed E-state index contributed by atoms with van der Waals surface area (Å²) in [5.74, 6) is 0.340. The van der Waals surface area contributed by atoms with E-state index in [1.54, 1.807) is 12.4 Å². The fourth-order valence-corrected chi connectivity index (χ4v) is 1.55. The van der Waals surface area contributed by atoms with Gasteiger partial charge in [-0.1, -0.05) is 12.6 Å². The number of ether oxygens (including phenoxy) is 1. The molecule has 5 nitrogen and oxygen atoms in total. The van der Waals surface area contributed by atoms with Gasteiger partial charge >= 0.3 is 0 Å². The van der Waals surface area contributed by atoms with Crippen molar-refractivity contribution in [3.05, 3.63) is 34.4 Å². The average Bonchev–Trinajstić information content (AvgIpc) is 2.26. The lowest BCUT2D eigenvalue weighted by Crippen LogP contribution is -2.23. The quantitative estimate of drug-likeness (QED) is 0.418. The topological polar surface area (TPSA) is 69.4 Å². The number of nitrogens with zero attached hydrogens (tertiary/aromatic N) is 1. The molecule has 1 aromatic carbocycles. The van der Waals surface area contributed by atoms with E-state index in [4.69, 9.17) is 4.74 Å². The maximum absolute atomic E-state index is 10.5.